The van der Waals surface area contributed by atoms with Gasteiger partial charge in [-0.1, -0.05) is 17.3 Å². The van der Waals surface area contributed by atoms with E-state index in [9.17, 15) is 4.79 Å². The van der Waals surface area contributed by atoms with E-state index in [4.69, 9.17) is 15.7 Å². The highest BCUT2D eigenvalue weighted by Crippen LogP contribution is 2.17. The zero-order valence-corrected chi connectivity index (χ0v) is 11.4. The number of hydrogen-bond donors (Lipinski definition) is 3. The number of nitrogens with one attached hydrogen (secondary N) is 1. The van der Waals surface area contributed by atoms with Crippen LogP contribution in [0.5, 0.6) is 5.75 Å². The third-order valence-electron chi connectivity index (χ3n) is 2.91. The summed E-state index contributed by atoms with van der Waals surface area (Å²) in [5.41, 5.74) is 6.97. The Morgan fingerprint density at radius 3 is 2.48 bits per heavy atom. The van der Waals surface area contributed by atoms with Gasteiger partial charge in [-0.3, -0.25) is 4.79 Å². The minimum Gasteiger partial charge on any atom is -0.497 e. The molecule has 2 aromatic carbocycles. The molecule has 1 amide bonds. The number of nitrogens with zero attached hydrogens (tertiary/aromatic N) is 1. The molecule has 2 aromatic rings. The number of hydrogen-bond acceptors (Lipinski definition) is 4. The zero-order chi connectivity index (χ0) is 15.2. The highest BCUT2D eigenvalue weighted by atomic mass is 16.5. The van der Waals surface area contributed by atoms with Crippen molar-refractivity contribution in [1.29, 1.82) is 0 Å². The van der Waals surface area contributed by atoms with Gasteiger partial charge in [0.15, 0.2) is 5.84 Å². The minimum atomic E-state index is -0.296. The highest BCUT2D eigenvalue weighted by molar-refractivity contribution is 6.09. The van der Waals surface area contributed by atoms with Gasteiger partial charge in [0.05, 0.1) is 12.8 Å². The normalized spacial score (nSPS) is 11.0. The van der Waals surface area contributed by atoms with Crippen LogP contribution in [0.25, 0.3) is 0 Å². The smallest absolute Gasteiger partial charge is 0.255 e. The molecule has 0 radical (unpaired) electrons. The first-order chi connectivity index (χ1) is 10.2. The van der Waals surface area contributed by atoms with Crippen molar-refractivity contribution in [2.75, 3.05) is 12.4 Å². The molecule has 6 heteroatoms. The lowest BCUT2D eigenvalue weighted by Crippen LogP contribution is -2.19. The summed E-state index contributed by atoms with van der Waals surface area (Å²) < 4.78 is 5.04. The Bertz CT molecular complexity index is 666. The summed E-state index contributed by atoms with van der Waals surface area (Å²) in [4.78, 5) is 12.2. The van der Waals surface area contributed by atoms with Crippen molar-refractivity contribution in [3.8, 4) is 5.75 Å². The predicted octanol–water partition coefficient (Wildman–Crippen LogP) is 2.04. The Morgan fingerprint density at radius 2 is 1.86 bits per heavy atom. The number of carbonyl (C=O) groups is 1. The summed E-state index contributed by atoms with van der Waals surface area (Å²) in [6.07, 6.45) is 0. The van der Waals surface area contributed by atoms with Gasteiger partial charge in [-0.05, 0) is 36.4 Å². The van der Waals surface area contributed by atoms with Crippen LogP contribution in [0.1, 0.15) is 15.9 Å². The predicted molar refractivity (Wildman–Crippen MR) is 79.9 cm³/mol. The number of oxime groups is 1. The maximum atomic E-state index is 12.2. The molecule has 0 bridgehead atoms. The van der Waals surface area contributed by atoms with Crippen LogP contribution in [0.2, 0.25) is 0 Å². The number of amidine groups is 1. The molecule has 0 unspecified atom stereocenters. The minimum absolute atomic E-state index is 0.0689. The van der Waals surface area contributed by atoms with E-state index in [1.165, 1.54) is 0 Å². The van der Waals surface area contributed by atoms with E-state index >= 15 is 0 Å². The molecule has 2 rings (SSSR count). The molecule has 108 valence electrons. The highest BCUT2D eigenvalue weighted by Gasteiger charge is 2.11. The molecule has 0 aliphatic rings. The molecule has 0 aromatic heterocycles. The molecule has 6 nitrogen and oxygen atoms in total. The number of nitrogens with two attached hydrogens (primary N) is 1. The average Bonchev–Trinajstić information content (AvgIpc) is 2.54. The van der Waals surface area contributed by atoms with Crippen molar-refractivity contribution in [2.24, 2.45) is 10.9 Å². The number of carbonyl (C=O) groups excluding carboxylic acids is 1. The molecule has 4 N–H and O–H groups in total. The van der Waals surface area contributed by atoms with Gasteiger partial charge in [-0.15, -0.1) is 0 Å². The molecule has 0 fully saturated rings. The van der Waals surface area contributed by atoms with Crippen LogP contribution in [-0.4, -0.2) is 24.1 Å². The van der Waals surface area contributed by atoms with E-state index < -0.39 is 0 Å². The zero-order valence-electron chi connectivity index (χ0n) is 11.4. The standard InChI is InChI=1S/C15H15N3O3/c1-21-11-8-6-10(7-9-11)15(19)17-13-5-3-2-4-12(13)14(16)18-20/h2-9,20H,1H3,(H2,16,18)(H,17,19). The van der Waals surface area contributed by atoms with Crippen LogP contribution in [-0.2, 0) is 0 Å². The van der Waals surface area contributed by atoms with Crippen molar-refractivity contribution in [2.45, 2.75) is 0 Å². The number of methoxy groups -OCH3 is 1. The first-order valence-corrected chi connectivity index (χ1v) is 6.18. The molecule has 0 saturated carbocycles. The Hall–Kier alpha value is -3.02. The fourth-order valence-electron chi connectivity index (χ4n) is 1.81. The fraction of sp³-hybridized carbons (Fsp3) is 0.0667. The van der Waals surface area contributed by atoms with Crippen molar-refractivity contribution in [3.05, 3.63) is 59.7 Å². The quantitative estimate of drug-likeness (QED) is 0.346. The summed E-state index contributed by atoms with van der Waals surface area (Å²) >= 11 is 0. The lowest BCUT2D eigenvalue weighted by atomic mass is 10.1. The Morgan fingerprint density at radius 1 is 1.19 bits per heavy atom. The molecule has 21 heavy (non-hydrogen) atoms. The van der Waals surface area contributed by atoms with E-state index in [2.05, 4.69) is 10.5 Å². The van der Waals surface area contributed by atoms with Gasteiger partial charge in [-0.2, -0.15) is 0 Å². The molecule has 0 aliphatic carbocycles. The van der Waals surface area contributed by atoms with Gasteiger partial charge in [0.25, 0.3) is 5.91 Å². The van der Waals surface area contributed by atoms with E-state index in [-0.39, 0.29) is 11.7 Å². The van der Waals surface area contributed by atoms with E-state index in [0.29, 0.717) is 22.6 Å². The average molecular weight is 285 g/mol. The van der Waals surface area contributed by atoms with Crippen LogP contribution in [0, 0.1) is 0 Å². The first kappa shape index (κ1) is 14.4. The van der Waals surface area contributed by atoms with Crippen LogP contribution < -0.4 is 15.8 Å². The van der Waals surface area contributed by atoms with Gasteiger partial charge >= 0.3 is 0 Å². The van der Waals surface area contributed by atoms with Crippen molar-refractivity contribution >= 4 is 17.4 Å². The van der Waals surface area contributed by atoms with E-state index in [1.807, 2.05) is 0 Å². The largest absolute Gasteiger partial charge is 0.497 e. The second-order valence-electron chi connectivity index (χ2n) is 4.21. The van der Waals surface area contributed by atoms with Crippen molar-refractivity contribution in [3.63, 3.8) is 0 Å². The lowest BCUT2D eigenvalue weighted by molar-refractivity contribution is 0.102. The second-order valence-corrected chi connectivity index (χ2v) is 4.21. The number of benzene rings is 2. The van der Waals surface area contributed by atoms with E-state index in [0.717, 1.165) is 0 Å². The monoisotopic (exact) mass is 285 g/mol. The third kappa shape index (κ3) is 3.30. The Labute approximate surface area is 121 Å². The molecule has 0 spiro atoms. The van der Waals surface area contributed by atoms with Crippen LogP contribution >= 0.6 is 0 Å². The maximum Gasteiger partial charge on any atom is 0.255 e. The number of rotatable bonds is 4. The van der Waals surface area contributed by atoms with Crippen LogP contribution in [0.3, 0.4) is 0 Å². The van der Waals surface area contributed by atoms with Crippen LogP contribution in [0.4, 0.5) is 5.69 Å². The number of anilines is 1. The summed E-state index contributed by atoms with van der Waals surface area (Å²) in [5.74, 6) is 0.306. The molecule has 0 saturated heterocycles. The third-order valence-corrected chi connectivity index (χ3v) is 2.91. The number of amides is 1. The van der Waals surface area contributed by atoms with Gasteiger partial charge in [-0.25, -0.2) is 0 Å². The number of ether oxygens (including phenoxy) is 1. The molecular formula is C15H15N3O3. The van der Waals surface area contributed by atoms with Gasteiger partial charge in [0, 0.05) is 11.1 Å². The first-order valence-electron chi connectivity index (χ1n) is 6.18. The van der Waals surface area contributed by atoms with Crippen molar-refractivity contribution in [1.82, 2.24) is 0 Å². The van der Waals surface area contributed by atoms with Gasteiger partial charge in [0.1, 0.15) is 5.75 Å². The maximum absolute atomic E-state index is 12.2. The van der Waals surface area contributed by atoms with E-state index in [1.54, 1.807) is 55.6 Å². The summed E-state index contributed by atoms with van der Waals surface area (Å²) in [5, 5.41) is 14.4. The SMILES string of the molecule is COc1ccc(C(=O)Nc2ccccc2C(N)=NO)cc1. The van der Waals surface area contributed by atoms with Crippen molar-refractivity contribution < 1.29 is 14.7 Å². The summed E-state index contributed by atoms with van der Waals surface area (Å²) in [6, 6.07) is 13.5. The van der Waals surface area contributed by atoms with Gasteiger partial charge in [0.2, 0.25) is 0 Å². The van der Waals surface area contributed by atoms with Gasteiger partial charge < -0.3 is 21.0 Å². The molecule has 0 atom stereocenters. The summed E-state index contributed by atoms with van der Waals surface area (Å²) in [6.45, 7) is 0. The Kier molecular flexibility index (Phi) is 4.40. The summed E-state index contributed by atoms with van der Waals surface area (Å²) in [7, 11) is 1.56. The second kappa shape index (κ2) is 6.42. The molecule has 0 heterocycles. The molecule has 0 aliphatic heterocycles. The topological polar surface area (TPSA) is 96.9 Å². The van der Waals surface area contributed by atoms with Crippen LogP contribution in [0.15, 0.2) is 53.7 Å². The molecular weight excluding hydrogens is 270 g/mol. The fourth-order valence-corrected chi connectivity index (χ4v) is 1.81. The lowest BCUT2D eigenvalue weighted by Gasteiger charge is -2.10. The number of para-hydroxylation sites is 1. The Balaban J connectivity index is 2.23.